The molecule has 0 saturated heterocycles. The number of rotatable bonds is 5. The average Bonchev–Trinajstić information content (AvgIpc) is 2.28. The first kappa shape index (κ1) is 14.5. The van der Waals surface area contributed by atoms with E-state index in [1.807, 2.05) is 6.92 Å². The Morgan fingerprint density at radius 1 is 1.24 bits per heavy atom. The summed E-state index contributed by atoms with van der Waals surface area (Å²) in [5.74, 6) is 0.492. The lowest BCUT2D eigenvalue weighted by Crippen LogP contribution is -2.42. The summed E-state index contributed by atoms with van der Waals surface area (Å²) in [6.45, 7) is 6.69. The molecule has 0 radical (unpaired) electrons. The number of ether oxygens (including phenoxy) is 1. The van der Waals surface area contributed by atoms with Crippen LogP contribution < -0.4 is 5.73 Å². The van der Waals surface area contributed by atoms with E-state index in [0.29, 0.717) is 12.5 Å². The molecule has 0 spiro atoms. The predicted octanol–water partition coefficient (Wildman–Crippen LogP) is 2.87. The molecule has 1 rings (SSSR count). The minimum Gasteiger partial charge on any atom is -0.462 e. The molecule has 1 saturated carbocycles. The second kappa shape index (κ2) is 6.39. The molecule has 100 valence electrons. The minimum absolute atomic E-state index is 0.00727. The molecule has 1 fully saturated rings. The van der Waals surface area contributed by atoms with Crippen LogP contribution in [-0.4, -0.2) is 18.6 Å². The fraction of sp³-hybridized carbons (Fsp3) is 0.929. The number of hydrogen-bond donors (Lipinski definition) is 1. The molecule has 0 heterocycles. The normalized spacial score (nSPS) is 21.2. The summed E-state index contributed by atoms with van der Waals surface area (Å²) in [7, 11) is 0. The van der Waals surface area contributed by atoms with Gasteiger partial charge in [-0.25, -0.2) is 0 Å². The maximum absolute atomic E-state index is 12.2. The zero-order valence-corrected chi connectivity index (χ0v) is 11.5. The van der Waals surface area contributed by atoms with Crippen LogP contribution in [0.4, 0.5) is 0 Å². The first-order chi connectivity index (χ1) is 8.00. The summed E-state index contributed by atoms with van der Waals surface area (Å²) in [4.78, 5) is 12.2. The van der Waals surface area contributed by atoms with Crippen LogP contribution in [0.5, 0.6) is 0 Å². The topological polar surface area (TPSA) is 52.3 Å². The quantitative estimate of drug-likeness (QED) is 0.753. The molecule has 1 unspecified atom stereocenters. The molecular weight excluding hydrogens is 214 g/mol. The van der Waals surface area contributed by atoms with Gasteiger partial charge in [0, 0.05) is 6.54 Å². The lowest BCUT2D eigenvalue weighted by molar-refractivity contribution is -0.163. The predicted molar refractivity (Wildman–Crippen MR) is 69.6 cm³/mol. The third-order valence-electron chi connectivity index (χ3n) is 3.75. The Kier molecular flexibility index (Phi) is 5.44. The Morgan fingerprint density at radius 3 is 2.29 bits per heavy atom. The van der Waals surface area contributed by atoms with Gasteiger partial charge < -0.3 is 10.5 Å². The third-order valence-corrected chi connectivity index (χ3v) is 3.75. The van der Waals surface area contributed by atoms with Gasteiger partial charge in [-0.15, -0.1) is 0 Å². The Morgan fingerprint density at radius 2 is 1.82 bits per heavy atom. The molecule has 3 heteroatoms. The van der Waals surface area contributed by atoms with E-state index in [0.717, 1.165) is 32.1 Å². The number of nitrogens with two attached hydrogens (primary N) is 1. The summed E-state index contributed by atoms with van der Waals surface area (Å²) in [6, 6.07) is 0. The molecule has 0 aromatic carbocycles. The van der Waals surface area contributed by atoms with Crippen molar-refractivity contribution < 1.29 is 9.53 Å². The van der Waals surface area contributed by atoms with E-state index < -0.39 is 0 Å². The van der Waals surface area contributed by atoms with Crippen LogP contribution in [0.1, 0.15) is 59.3 Å². The third kappa shape index (κ3) is 3.98. The second-order valence-corrected chi connectivity index (χ2v) is 5.89. The average molecular weight is 241 g/mol. The maximum Gasteiger partial charge on any atom is 0.313 e. The molecule has 0 aliphatic heterocycles. The van der Waals surface area contributed by atoms with Gasteiger partial charge >= 0.3 is 5.97 Å². The molecule has 1 aliphatic carbocycles. The molecule has 3 nitrogen and oxygen atoms in total. The monoisotopic (exact) mass is 241 g/mol. The first-order valence-electron chi connectivity index (χ1n) is 6.91. The second-order valence-electron chi connectivity index (χ2n) is 5.89. The van der Waals surface area contributed by atoms with Crippen LogP contribution in [-0.2, 0) is 9.53 Å². The van der Waals surface area contributed by atoms with Crippen LogP contribution in [0.2, 0.25) is 0 Å². The van der Waals surface area contributed by atoms with Gasteiger partial charge in [0.2, 0.25) is 0 Å². The summed E-state index contributed by atoms with van der Waals surface area (Å²) in [5.41, 5.74) is 5.43. The van der Waals surface area contributed by atoms with Gasteiger partial charge in [0.05, 0.1) is 11.5 Å². The smallest absolute Gasteiger partial charge is 0.313 e. The Balaban J connectivity index is 2.54. The van der Waals surface area contributed by atoms with Gasteiger partial charge in [-0.2, -0.15) is 0 Å². The Hall–Kier alpha value is -0.570. The molecule has 0 amide bonds. The van der Waals surface area contributed by atoms with Crippen LogP contribution in [0.15, 0.2) is 0 Å². The SMILES string of the molecule is CC(C)CC(C)OC(=O)C1(CN)CCCCC1. The minimum atomic E-state index is -0.385. The Labute approximate surface area is 105 Å². The van der Waals surface area contributed by atoms with Gasteiger partial charge in [-0.3, -0.25) is 4.79 Å². The highest BCUT2D eigenvalue weighted by molar-refractivity contribution is 5.77. The zero-order valence-electron chi connectivity index (χ0n) is 11.5. The van der Waals surface area contributed by atoms with Gasteiger partial charge in [0.1, 0.15) is 0 Å². The number of carbonyl (C=O) groups excluding carboxylic acids is 1. The van der Waals surface area contributed by atoms with Crippen LogP contribution in [0, 0.1) is 11.3 Å². The van der Waals surface area contributed by atoms with Crippen molar-refractivity contribution in [3.05, 3.63) is 0 Å². The van der Waals surface area contributed by atoms with Crippen molar-refractivity contribution in [3.63, 3.8) is 0 Å². The van der Waals surface area contributed by atoms with Crippen molar-refractivity contribution in [1.29, 1.82) is 0 Å². The van der Waals surface area contributed by atoms with E-state index in [9.17, 15) is 4.79 Å². The summed E-state index contributed by atoms with van der Waals surface area (Å²) < 4.78 is 5.58. The highest BCUT2D eigenvalue weighted by Gasteiger charge is 2.40. The molecule has 0 aromatic rings. The lowest BCUT2D eigenvalue weighted by Gasteiger charge is -2.34. The van der Waals surface area contributed by atoms with Crippen molar-refractivity contribution in [2.24, 2.45) is 17.1 Å². The fourth-order valence-electron chi connectivity index (χ4n) is 2.74. The molecule has 17 heavy (non-hydrogen) atoms. The molecule has 2 N–H and O–H groups in total. The standard InChI is InChI=1S/C14H27NO2/c1-11(2)9-12(3)17-13(16)14(10-15)7-5-4-6-8-14/h11-12H,4-10,15H2,1-3H3. The highest BCUT2D eigenvalue weighted by Crippen LogP contribution is 2.37. The van der Waals surface area contributed by atoms with E-state index in [1.165, 1.54) is 6.42 Å². The highest BCUT2D eigenvalue weighted by atomic mass is 16.5. The van der Waals surface area contributed by atoms with Crippen molar-refractivity contribution in [3.8, 4) is 0 Å². The fourth-order valence-corrected chi connectivity index (χ4v) is 2.74. The van der Waals surface area contributed by atoms with Crippen LogP contribution in [0.3, 0.4) is 0 Å². The largest absolute Gasteiger partial charge is 0.462 e. The molecule has 0 bridgehead atoms. The molecule has 1 atom stereocenters. The first-order valence-corrected chi connectivity index (χ1v) is 6.91. The van der Waals surface area contributed by atoms with Gasteiger partial charge in [0.25, 0.3) is 0 Å². The summed E-state index contributed by atoms with van der Waals surface area (Å²) in [6.07, 6.45) is 6.15. The van der Waals surface area contributed by atoms with Gasteiger partial charge in [-0.1, -0.05) is 33.1 Å². The zero-order chi connectivity index (χ0) is 12.9. The van der Waals surface area contributed by atoms with Crippen molar-refractivity contribution in [1.82, 2.24) is 0 Å². The van der Waals surface area contributed by atoms with Crippen molar-refractivity contribution in [2.75, 3.05) is 6.54 Å². The maximum atomic E-state index is 12.2. The Bertz CT molecular complexity index is 245. The lowest BCUT2D eigenvalue weighted by atomic mass is 9.74. The number of esters is 1. The van der Waals surface area contributed by atoms with Gasteiger partial charge in [0.15, 0.2) is 0 Å². The summed E-state index contributed by atoms with van der Waals surface area (Å²) >= 11 is 0. The van der Waals surface area contributed by atoms with Crippen molar-refractivity contribution in [2.45, 2.75) is 65.4 Å². The molecular formula is C14H27NO2. The van der Waals surface area contributed by atoms with Gasteiger partial charge in [-0.05, 0) is 32.1 Å². The van der Waals surface area contributed by atoms with Crippen LogP contribution >= 0.6 is 0 Å². The van der Waals surface area contributed by atoms with E-state index in [4.69, 9.17) is 10.5 Å². The van der Waals surface area contributed by atoms with Crippen LogP contribution in [0.25, 0.3) is 0 Å². The number of carbonyl (C=O) groups is 1. The summed E-state index contributed by atoms with van der Waals surface area (Å²) in [5, 5.41) is 0. The molecule has 0 aromatic heterocycles. The van der Waals surface area contributed by atoms with E-state index in [2.05, 4.69) is 13.8 Å². The van der Waals surface area contributed by atoms with E-state index >= 15 is 0 Å². The van der Waals surface area contributed by atoms with E-state index in [-0.39, 0.29) is 17.5 Å². The van der Waals surface area contributed by atoms with Crippen molar-refractivity contribution >= 4 is 5.97 Å². The van der Waals surface area contributed by atoms with E-state index in [1.54, 1.807) is 0 Å². The molecule has 1 aliphatic rings. The number of hydrogen-bond acceptors (Lipinski definition) is 3.